The molecule has 3 aromatic rings. The third kappa shape index (κ3) is 3.80. The molecule has 0 saturated carbocycles. The molecule has 1 atom stereocenters. The standard InChI is InChI=1S/C18H18N4O3S/c1-10-2-4-11(5-3-10)12-8-26-17-15(12)16(20-9-21-17)22-13(18(24)25)6-7-14(19)23/h2-5,8-9,13H,6-7H2,1H3,(H2,19,23)(H,24,25)(H,20,21,22). The number of nitrogens with zero attached hydrogens (tertiary/aromatic N) is 2. The number of carbonyl (C=O) groups is 2. The number of aliphatic carboxylic acids is 1. The smallest absolute Gasteiger partial charge is 0.326 e. The van der Waals surface area contributed by atoms with Gasteiger partial charge in [-0.2, -0.15) is 0 Å². The third-order valence-electron chi connectivity index (χ3n) is 4.02. The van der Waals surface area contributed by atoms with Crippen molar-refractivity contribution in [1.82, 2.24) is 9.97 Å². The Bertz CT molecular complexity index is 953. The quantitative estimate of drug-likeness (QED) is 0.588. The van der Waals surface area contributed by atoms with Gasteiger partial charge in [0.1, 0.15) is 23.0 Å². The van der Waals surface area contributed by atoms with Crippen LogP contribution in [-0.4, -0.2) is 33.0 Å². The number of carbonyl (C=O) groups excluding carboxylic acids is 1. The molecule has 0 aliphatic heterocycles. The van der Waals surface area contributed by atoms with E-state index < -0.39 is 17.9 Å². The van der Waals surface area contributed by atoms with Crippen molar-refractivity contribution in [3.63, 3.8) is 0 Å². The molecule has 7 nitrogen and oxygen atoms in total. The Kier molecular flexibility index (Phi) is 5.13. The predicted molar refractivity (Wildman–Crippen MR) is 101 cm³/mol. The first kappa shape index (κ1) is 17.8. The van der Waals surface area contributed by atoms with Gasteiger partial charge < -0.3 is 16.2 Å². The van der Waals surface area contributed by atoms with E-state index in [1.54, 1.807) is 0 Å². The first-order chi connectivity index (χ1) is 12.5. The summed E-state index contributed by atoms with van der Waals surface area (Å²) in [6.07, 6.45) is 1.46. The molecule has 8 heteroatoms. The van der Waals surface area contributed by atoms with Crippen LogP contribution in [0.15, 0.2) is 36.0 Å². The zero-order valence-corrected chi connectivity index (χ0v) is 14.9. The Morgan fingerprint density at radius 2 is 2.00 bits per heavy atom. The van der Waals surface area contributed by atoms with Crippen LogP contribution in [0.4, 0.5) is 5.82 Å². The number of fused-ring (bicyclic) bond motifs is 1. The van der Waals surface area contributed by atoms with E-state index in [-0.39, 0.29) is 12.8 Å². The first-order valence-electron chi connectivity index (χ1n) is 8.02. The molecule has 0 fully saturated rings. The number of hydrogen-bond donors (Lipinski definition) is 3. The SMILES string of the molecule is Cc1ccc(-c2csc3ncnc(NC(CCC(N)=O)C(=O)O)c23)cc1. The lowest BCUT2D eigenvalue weighted by Gasteiger charge is -2.15. The summed E-state index contributed by atoms with van der Waals surface area (Å²) in [6.45, 7) is 2.02. The van der Waals surface area contributed by atoms with Gasteiger partial charge in [0.25, 0.3) is 0 Å². The fourth-order valence-electron chi connectivity index (χ4n) is 2.64. The van der Waals surface area contributed by atoms with Gasteiger partial charge in [0.05, 0.1) is 5.39 Å². The molecule has 0 radical (unpaired) electrons. The summed E-state index contributed by atoms with van der Waals surface area (Å²) in [5, 5.41) is 15.1. The van der Waals surface area contributed by atoms with Gasteiger partial charge in [0, 0.05) is 17.4 Å². The number of aromatic nitrogens is 2. The van der Waals surface area contributed by atoms with Crippen LogP contribution in [0, 0.1) is 6.92 Å². The number of benzene rings is 1. The molecule has 1 aromatic carbocycles. The number of aryl methyl sites for hydroxylation is 1. The van der Waals surface area contributed by atoms with Gasteiger partial charge in [-0.3, -0.25) is 4.79 Å². The largest absolute Gasteiger partial charge is 0.480 e. The fourth-order valence-corrected chi connectivity index (χ4v) is 3.56. The van der Waals surface area contributed by atoms with E-state index >= 15 is 0 Å². The van der Waals surface area contributed by atoms with Crippen molar-refractivity contribution in [1.29, 1.82) is 0 Å². The van der Waals surface area contributed by atoms with Crippen molar-refractivity contribution in [2.24, 2.45) is 5.73 Å². The van der Waals surface area contributed by atoms with Crippen LogP contribution in [0.1, 0.15) is 18.4 Å². The Balaban J connectivity index is 2.00. The van der Waals surface area contributed by atoms with E-state index in [0.717, 1.165) is 26.9 Å². The number of carboxylic acid groups (broad SMARTS) is 1. The van der Waals surface area contributed by atoms with Crippen LogP contribution < -0.4 is 11.1 Å². The number of thiophene rings is 1. The molecule has 0 saturated heterocycles. The van der Waals surface area contributed by atoms with Crippen LogP contribution in [0.3, 0.4) is 0 Å². The molecule has 0 aliphatic rings. The highest BCUT2D eigenvalue weighted by molar-refractivity contribution is 7.17. The average Bonchev–Trinajstić information content (AvgIpc) is 3.03. The Hall–Kier alpha value is -3.00. The van der Waals surface area contributed by atoms with Gasteiger partial charge in [-0.1, -0.05) is 29.8 Å². The van der Waals surface area contributed by atoms with Crippen molar-refractivity contribution in [2.45, 2.75) is 25.8 Å². The molecule has 0 spiro atoms. The Labute approximate surface area is 153 Å². The van der Waals surface area contributed by atoms with Gasteiger partial charge in [-0.25, -0.2) is 14.8 Å². The Morgan fingerprint density at radius 1 is 1.27 bits per heavy atom. The summed E-state index contributed by atoms with van der Waals surface area (Å²) in [6, 6.07) is 7.09. The highest BCUT2D eigenvalue weighted by Crippen LogP contribution is 2.36. The highest BCUT2D eigenvalue weighted by atomic mass is 32.1. The van der Waals surface area contributed by atoms with E-state index in [9.17, 15) is 14.7 Å². The van der Waals surface area contributed by atoms with Crippen LogP contribution in [0.5, 0.6) is 0 Å². The normalized spacial score (nSPS) is 12.0. The second kappa shape index (κ2) is 7.49. The zero-order chi connectivity index (χ0) is 18.7. The zero-order valence-electron chi connectivity index (χ0n) is 14.1. The average molecular weight is 370 g/mol. The van der Waals surface area contributed by atoms with Crippen LogP contribution in [-0.2, 0) is 9.59 Å². The lowest BCUT2D eigenvalue weighted by molar-refractivity contribution is -0.138. The summed E-state index contributed by atoms with van der Waals surface area (Å²) >= 11 is 1.47. The molecule has 3 rings (SSSR count). The van der Waals surface area contributed by atoms with Gasteiger partial charge in [-0.15, -0.1) is 11.3 Å². The molecule has 26 heavy (non-hydrogen) atoms. The molecule has 4 N–H and O–H groups in total. The maximum atomic E-state index is 11.5. The van der Waals surface area contributed by atoms with E-state index in [1.165, 1.54) is 17.7 Å². The number of rotatable bonds is 7. The van der Waals surface area contributed by atoms with Crippen molar-refractivity contribution < 1.29 is 14.7 Å². The lowest BCUT2D eigenvalue weighted by Crippen LogP contribution is -2.31. The van der Waals surface area contributed by atoms with Crippen molar-refractivity contribution in [3.05, 3.63) is 41.5 Å². The lowest BCUT2D eigenvalue weighted by atomic mass is 10.0. The van der Waals surface area contributed by atoms with Crippen LogP contribution in [0.25, 0.3) is 21.3 Å². The molecular weight excluding hydrogens is 352 g/mol. The molecule has 1 unspecified atom stereocenters. The highest BCUT2D eigenvalue weighted by Gasteiger charge is 2.21. The van der Waals surface area contributed by atoms with Crippen molar-refractivity contribution in [3.8, 4) is 11.1 Å². The number of amides is 1. The number of nitrogens with one attached hydrogen (secondary N) is 1. The van der Waals surface area contributed by atoms with Crippen LogP contribution in [0.2, 0.25) is 0 Å². The van der Waals surface area contributed by atoms with Crippen molar-refractivity contribution in [2.75, 3.05) is 5.32 Å². The molecular formula is C18H18N4O3S. The summed E-state index contributed by atoms with van der Waals surface area (Å²) in [4.78, 5) is 31.8. The summed E-state index contributed by atoms with van der Waals surface area (Å²) < 4.78 is 0. The van der Waals surface area contributed by atoms with E-state index in [1.807, 2.05) is 36.6 Å². The van der Waals surface area contributed by atoms with E-state index in [0.29, 0.717) is 5.82 Å². The maximum Gasteiger partial charge on any atom is 0.326 e. The number of carboxylic acids is 1. The molecule has 0 bridgehead atoms. The second-order valence-electron chi connectivity index (χ2n) is 5.96. The number of hydrogen-bond acceptors (Lipinski definition) is 6. The second-order valence-corrected chi connectivity index (χ2v) is 6.82. The molecule has 2 heterocycles. The van der Waals surface area contributed by atoms with E-state index in [2.05, 4.69) is 15.3 Å². The van der Waals surface area contributed by atoms with Gasteiger partial charge in [0.15, 0.2) is 0 Å². The monoisotopic (exact) mass is 370 g/mol. The molecule has 2 aromatic heterocycles. The summed E-state index contributed by atoms with van der Waals surface area (Å²) in [7, 11) is 0. The number of anilines is 1. The predicted octanol–water partition coefficient (Wildman–Crippen LogP) is 2.80. The van der Waals surface area contributed by atoms with Gasteiger partial charge in [0.2, 0.25) is 5.91 Å². The number of nitrogens with two attached hydrogens (primary N) is 1. The summed E-state index contributed by atoms with van der Waals surface area (Å²) in [5.74, 6) is -1.17. The van der Waals surface area contributed by atoms with Gasteiger partial charge in [-0.05, 0) is 18.9 Å². The minimum Gasteiger partial charge on any atom is -0.480 e. The van der Waals surface area contributed by atoms with E-state index in [4.69, 9.17) is 5.73 Å². The topological polar surface area (TPSA) is 118 Å². The maximum absolute atomic E-state index is 11.5. The first-order valence-corrected chi connectivity index (χ1v) is 8.90. The van der Waals surface area contributed by atoms with Crippen LogP contribution >= 0.6 is 11.3 Å². The van der Waals surface area contributed by atoms with Gasteiger partial charge >= 0.3 is 5.97 Å². The Morgan fingerprint density at radius 3 is 2.65 bits per heavy atom. The minimum absolute atomic E-state index is 0.0212. The third-order valence-corrected chi connectivity index (χ3v) is 4.91. The molecule has 1 amide bonds. The molecule has 0 aliphatic carbocycles. The fraction of sp³-hybridized carbons (Fsp3) is 0.222. The molecule has 134 valence electrons. The minimum atomic E-state index is -1.06. The number of primary amides is 1. The summed E-state index contributed by atoms with van der Waals surface area (Å²) in [5.41, 5.74) is 8.23. The van der Waals surface area contributed by atoms with Crippen molar-refractivity contribution >= 4 is 39.2 Å².